The second-order valence-corrected chi connectivity index (χ2v) is 5.77. The van der Waals surface area contributed by atoms with Crippen molar-refractivity contribution in [3.63, 3.8) is 0 Å². The zero-order valence-corrected chi connectivity index (χ0v) is 13.8. The third-order valence-electron chi connectivity index (χ3n) is 3.62. The van der Waals surface area contributed by atoms with Crippen molar-refractivity contribution in [3.8, 4) is 5.75 Å². The maximum atomic E-state index is 12.3. The van der Waals surface area contributed by atoms with Crippen molar-refractivity contribution in [1.82, 2.24) is 0 Å². The molecule has 0 N–H and O–H groups in total. The number of benzene rings is 2. The highest BCUT2D eigenvalue weighted by Crippen LogP contribution is 2.30. The molecule has 0 heterocycles. The van der Waals surface area contributed by atoms with E-state index in [1.54, 1.807) is 0 Å². The fourth-order valence-electron chi connectivity index (χ4n) is 2.24. The molecule has 0 radical (unpaired) electrons. The number of halogens is 1. The second kappa shape index (κ2) is 6.79. The van der Waals surface area contributed by atoms with E-state index in [0.29, 0.717) is 5.56 Å². The predicted molar refractivity (Wildman–Crippen MR) is 88.6 cm³/mol. The first kappa shape index (κ1) is 17.0. The van der Waals surface area contributed by atoms with Gasteiger partial charge in [0.05, 0.1) is 4.92 Å². The molecule has 0 fully saturated rings. The van der Waals surface area contributed by atoms with Gasteiger partial charge < -0.3 is 4.74 Å². The number of nitrogens with zero attached hydrogens (tertiary/aromatic N) is 1. The summed E-state index contributed by atoms with van der Waals surface area (Å²) in [6.45, 7) is 5.48. The van der Waals surface area contributed by atoms with Crippen molar-refractivity contribution >= 4 is 23.1 Å². The molecule has 2 rings (SSSR count). The Balaban J connectivity index is 2.20. The standard InChI is InChI=1S/C17H16ClNO4/c1-10-6-12(3)14(7-11(10)2)16(20)9-23-17-5-4-13(18)8-15(17)19(21)22/h4-8H,9H2,1-3H3. The van der Waals surface area contributed by atoms with E-state index >= 15 is 0 Å². The molecule has 0 aromatic heterocycles. The van der Waals surface area contributed by atoms with Gasteiger partial charge in [0.1, 0.15) is 0 Å². The minimum atomic E-state index is -0.590. The fourth-order valence-corrected chi connectivity index (χ4v) is 2.40. The molecule has 5 nitrogen and oxygen atoms in total. The summed E-state index contributed by atoms with van der Waals surface area (Å²) >= 11 is 5.75. The maximum absolute atomic E-state index is 12.3. The van der Waals surface area contributed by atoms with Crippen LogP contribution in [0, 0.1) is 30.9 Å². The first-order chi connectivity index (χ1) is 10.8. The topological polar surface area (TPSA) is 69.4 Å². The van der Waals surface area contributed by atoms with Gasteiger partial charge in [-0.15, -0.1) is 0 Å². The van der Waals surface area contributed by atoms with Crippen LogP contribution in [0.4, 0.5) is 5.69 Å². The van der Waals surface area contributed by atoms with Gasteiger partial charge in [0.15, 0.2) is 18.1 Å². The summed E-state index contributed by atoms with van der Waals surface area (Å²) in [7, 11) is 0. The first-order valence-electron chi connectivity index (χ1n) is 6.97. The number of ketones is 1. The summed E-state index contributed by atoms with van der Waals surface area (Å²) in [4.78, 5) is 22.7. The molecular formula is C17H16ClNO4. The Kier molecular flexibility index (Phi) is 5.01. The smallest absolute Gasteiger partial charge is 0.312 e. The zero-order chi connectivity index (χ0) is 17.1. The molecule has 0 aliphatic carbocycles. The lowest BCUT2D eigenvalue weighted by Crippen LogP contribution is -2.14. The SMILES string of the molecule is Cc1cc(C)c(C(=O)COc2ccc(Cl)cc2[N+](=O)[O-])cc1C. The van der Waals surface area contributed by atoms with Crippen molar-refractivity contribution in [2.24, 2.45) is 0 Å². The zero-order valence-electron chi connectivity index (χ0n) is 13.1. The molecule has 0 saturated carbocycles. The summed E-state index contributed by atoms with van der Waals surface area (Å²) < 4.78 is 5.34. The van der Waals surface area contributed by atoms with Crippen LogP contribution in [-0.4, -0.2) is 17.3 Å². The summed E-state index contributed by atoms with van der Waals surface area (Å²) in [6, 6.07) is 7.82. The number of rotatable bonds is 5. The van der Waals surface area contributed by atoms with E-state index in [2.05, 4.69) is 0 Å². The van der Waals surface area contributed by atoms with Crippen LogP contribution < -0.4 is 4.74 Å². The molecule has 0 amide bonds. The number of nitro groups is 1. The molecule has 0 unspecified atom stereocenters. The Bertz CT molecular complexity index is 786. The van der Waals surface area contributed by atoms with E-state index in [0.717, 1.165) is 16.7 Å². The van der Waals surface area contributed by atoms with Gasteiger partial charge in [0.2, 0.25) is 0 Å². The molecule has 0 aliphatic rings. The van der Waals surface area contributed by atoms with Gasteiger partial charge in [-0.2, -0.15) is 0 Å². The molecule has 0 bridgehead atoms. The Morgan fingerprint density at radius 3 is 2.43 bits per heavy atom. The molecule has 120 valence electrons. The third-order valence-corrected chi connectivity index (χ3v) is 3.85. The number of ether oxygens (including phenoxy) is 1. The Hall–Kier alpha value is -2.40. The van der Waals surface area contributed by atoms with E-state index in [1.807, 2.05) is 32.9 Å². The molecule has 2 aromatic rings. The number of carbonyl (C=O) groups is 1. The van der Waals surface area contributed by atoms with Gasteiger partial charge in [-0.25, -0.2) is 0 Å². The number of aryl methyl sites for hydroxylation is 3. The van der Waals surface area contributed by atoms with Gasteiger partial charge in [0, 0.05) is 16.7 Å². The number of hydrogen-bond donors (Lipinski definition) is 0. The molecule has 2 aromatic carbocycles. The van der Waals surface area contributed by atoms with Crippen molar-refractivity contribution in [2.75, 3.05) is 6.61 Å². The van der Waals surface area contributed by atoms with Crippen molar-refractivity contribution in [1.29, 1.82) is 0 Å². The van der Waals surface area contributed by atoms with Gasteiger partial charge >= 0.3 is 5.69 Å². The molecule has 0 spiro atoms. The molecule has 0 aliphatic heterocycles. The van der Waals surface area contributed by atoms with Gasteiger partial charge in [-0.1, -0.05) is 17.7 Å². The highest BCUT2D eigenvalue weighted by Gasteiger charge is 2.18. The van der Waals surface area contributed by atoms with Crippen molar-refractivity contribution < 1.29 is 14.5 Å². The maximum Gasteiger partial charge on any atom is 0.312 e. The van der Waals surface area contributed by atoms with Crippen LogP contribution >= 0.6 is 11.6 Å². The van der Waals surface area contributed by atoms with E-state index in [1.165, 1.54) is 18.2 Å². The van der Waals surface area contributed by atoms with Crippen LogP contribution in [0.1, 0.15) is 27.0 Å². The van der Waals surface area contributed by atoms with Gasteiger partial charge in [-0.05, 0) is 55.7 Å². The van der Waals surface area contributed by atoms with Crippen LogP contribution in [0.2, 0.25) is 5.02 Å². The minimum absolute atomic E-state index is 0.0224. The van der Waals surface area contributed by atoms with Crippen LogP contribution in [0.25, 0.3) is 0 Å². The number of carbonyl (C=O) groups excluding carboxylic acids is 1. The monoisotopic (exact) mass is 333 g/mol. The fraction of sp³-hybridized carbons (Fsp3) is 0.235. The van der Waals surface area contributed by atoms with Crippen LogP contribution in [0.3, 0.4) is 0 Å². The van der Waals surface area contributed by atoms with Gasteiger partial charge in [0.25, 0.3) is 0 Å². The normalized spacial score (nSPS) is 10.4. The summed E-state index contributed by atoms with van der Waals surface area (Å²) in [5.74, 6) is -0.205. The average molecular weight is 334 g/mol. The lowest BCUT2D eigenvalue weighted by Gasteiger charge is -2.10. The van der Waals surface area contributed by atoms with Crippen LogP contribution in [0.5, 0.6) is 5.75 Å². The molecule has 0 atom stereocenters. The van der Waals surface area contributed by atoms with E-state index in [9.17, 15) is 14.9 Å². The summed E-state index contributed by atoms with van der Waals surface area (Å²) in [5.41, 5.74) is 3.27. The lowest BCUT2D eigenvalue weighted by atomic mass is 9.98. The van der Waals surface area contributed by atoms with E-state index in [-0.39, 0.29) is 28.8 Å². The quantitative estimate of drug-likeness (QED) is 0.461. The van der Waals surface area contributed by atoms with Gasteiger partial charge in [-0.3, -0.25) is 14.9 Å². The second-order valence-electron chi connectivity index (χ2n) is 5.33. The third kappa shape index (κ3) is 3.87. The summed E-state index contributed by atoms with van der Waals surface area (Å²) in [5, 5.41) is 11.2. The largest absolute Gasteiger partial charge is 0.478 e. The van der Waals surface area contributed by atoms with Crippen LogP contribution in [-0.2, 0) is 0 Å². The lowest BCUT2D eigenvalue weighted by molar-refractivity contribution is -0.385. The minimum Gasteiger partial charge on any atom is -0.478 e. The van der Waals surface area contributed by atoms with E-state index in [4.69, 9.17) is 16.3 Å². The molecule has 0 saturated heterocycles. The Morgan fingerprint density at radius 1 is 1.13 bits per heavy atom. The molecule has 6 heteroatoms. The summed E-state index contributed by atoms with van der Waals surface area (Å²) in [6.07, 6.45) is 0. The highest BCUT2D eigenvalue weighted by molar-refractivity contribution is 6.30. The van der Waals surface area contributed by atoms with Crippen molar-refractivity contribution in [3.05, 3.63) is 67.7 Å². The first-order valence-corrected chi connectivity index (χ1v) is 7.35. The molecule has 23 heavy (non-hydrogen) atoms. The Labute approximate surface area is 139 Å². The average Bonchev–Trinajstić information content (AvgIpc) is 2.49. The Morgan fingerprint density at radius 2 is 1.78 bits per heavy atom. The van der Waals surface area contributed by atoms with Crippen LogP contribution in [0.15, 0.2) is 30.3 Å². The number of nitro benzene ring substituents is 1. The number of hydrogen-bond acceptors (Lipinski definition) is 4. The van der Waals surface area contributed by atoms with E-state index < -0.39 is 4.92 Å². The highest BCUT2D eigenvalue weighted by atomic mass is 35.5. The predicted octanol–water partition coefficient (Wildman–Crippen LogP) is 4.44. The number of Topliss-reactive ketones (excluding diaryl/α,β-unsaturated/α-hetero) is 1. The van der Waals surface area contributed by atoms with Crippen molar-refractivity contribution in [2.45, 2.75) is 20.8 Å². The molecular weight excluding hydrogens is 318 g/mol.